The number of aromatic nitrogens is 2. The van der Waals surface area contributed by atoms with Crippen LogP contribution in [0.1, 0.15) is 0 Å². The SMILES string of the molecule is Nc1ccc(F)cc1-c1nc2ccccc2[nH]1. The molecule has 0 amide bonds. The fourth-order valence-electron chi connectivity index (χ4n) is 1.81. The number of halogens is 1. The van der Waals surface area contributed by atoms with Crippen LogP contribution in [0.2, 0.25) is 0 Å². The monoisotopic (exact) mass is 227 g/mol. The molecule has 17 heavy (non-hydrogen) atoms. The second-order valence-electron chi connectivity index (χ2n) is 3.83. The van der Waals surface area contributed by atoms with E-state index in [-0.39, 0.29) is 5.82 Å². The van der Waals surface area contributed by atoms with Crippen LogP contribution in [0, 0.1) is 5.82 Å². The van der Waals surface area contributed by atoms with E-state index in [1.165, 1.54) is 18.2 Å². The molecule has 2 aromatic carbocycles. The maximum absolute atomic E-state index is 13.2. The number of fused-ring (bicyclic) bond motifs is 1. The van der Waals surface area contributed by atoms with E-state index in [1.807, 2.05) is 24.3 Å². The number of aromatic amines is 1. The fraction of sp³-hybridized carbons (Fsp3) is 0. The number of nitrogens with zero attached hydrogens (tertiary/aromatic N) is 1. The highest BCUT2D eigenvalue weighted by atomic mass is 19.1. The summed E-state index contributed by atoms with van der Waals surface area (Å²) in [4.78, 5) is 7.50. The average Bonchev–Trinajstić information content (AvgIpc) is 2.75. The number of hydrogen-bond acceptors (Lipinski definition) is 2. The number of hydrogen-bond donors (Lipinski definition) is 2. The zero-order chi connectivity index (χ0) is 11.8. The highest BCUT2D eigenvalue weighted by Gasteiger charge is 2.08. The molecule has 0 saturated carbocycles. The summed E-state index contributed by atoms with van der Waals surface area (Å²) in [7, 11) is 0. The van der Waals surface area contributed by atoms with E-state index in [0.717, 1.165) is 11.0 Å². The summed E-state index contributed by atoms with van der Waals surface area (Å²) >= 11 is 0. The predicted molar refractivity (Wildman–Crippen MR) is 65.9 cm³/mol. The number of nitrogens with one attached hydrogen (secondary N) is 1. The van der Waals surface area contributed by atoms with Crippen molar-refractivity contribution in [1.29, 1.82) is 0 Å². The number of anilines is 1. The van der Waals surface area contributed by atoms with Crippen LogP contribution in [0.15, 0.2) is 42.5 Å². The second kappa shape index (κ2) is 3.59. The summed E-state index contributed by atoms with van der Waals surface area (Å²) in [5.41, 5.74) is 8.65. The van der Waals surface area contributed by atoms with Gasteiger partial charge < -0.3 is 10.7 Å². The van der Waals surface area contributed by atoms with Crippen molar-refractivity contribution in [1.82, 2.24) is 9.97 Å². The van der Waals surface area contributed by atoms with Gasteiger partial charge in [0.05, 0.1) is 11.0 Å². The lowest BCUT2D eigenvalue weighted by atomic mass is 10.1. The fourth-order valence-corrected chi connectivity index (χ4v) is 1.81. The Morgan fingerprint density at radius 3 is 2.76 bits per heavy atom. The Morgan fingerprint density at radius 1 is 1.12 bits per heavy atom. The Bertz CT molecular complexity index is 655. The smallest absolute Gasteiger partial charge is 0.140 e. The molecule has 3 nitrogen and oxygen atoms in total. The van der Waals surface area contributed by atoms with E-state index in [4.69, 9.17) is 5.73 Å². The van der Waals surface area contributed by atoms with Crippen molar-refractivity contribution in [2.24, 2.45) is 0 Å². The molecule has 4 heteroatoms. The Labute approximate surface area is 97.1 Å². The number of imidazole rings is 1. The first kappa shape index (κ1) is 9.84. The van der Waals surface area contributed by atoms with Crippen LogP contribution in [-0.4, -0.2) is 9.97 Å². The van der Waals surface area contributed by atoms with Crippen LogP contribution < -0.4 is 5.73 Å². The van der Waals surface area contributed by atoms with E-state index < -0.39 is 0 Å². The largest absolute Gasteiger partial charge is 0.398 e. The Kier molecular flexibility index (Phi) is 2.08. The molecule has 0 aliphatic heterocycles. The molecule has 1 aromatic heterocycles. The highest BCUT2D eigenvalue weighted by Crippen LogP contribution is 2.26. The summed E-state index contributed by atoms with van der Waals surface area (Å²) in [6, 6.07) is 11.9. The van der Waals surface area contributed by atoms with Crippen LogP contribution in [-0.2, 0) is 0 Å². The predicted octanol–water partition coefficient (Wildman–Crippen LogP) is 2.95. The highest BCUT2D eigenvalue weighted by molar-refractivity contribution is 5.82. The van der Waals surface area contributed by atoms with Crippen molar-refractivity contribution in [3.05, 3.63) is 48.3 Å². The first-order valence-corrected chi connectivity index (χ1v) is 5.24. The Morgan fingerprint density at radius 2 is 1.94 bits per heavy atom. The van der Waals surface area contributed by atoms with Gasteiger partial charge in [-0.1, -0.05) is 12.1 Å². The van der Waals surface area contributed by atoms with E-state index >= 15 is 0 Å². The van der Waals surface area contributed by atoms with Crippen molar-refractivity contribution in [2.75, 3.05) is 5.73 Å². The number of rotatable bonds is 1. The van der Waals surface area contributed by atoms with Gasteiger partial charge in [-0.25, -0.2) is 9.37 Å². The molecule has 3 rings (SSSR count). The molecule has 0 aliphatic rings. The number of benzene rings is 2. The maximum Gasteiger partial charge on any atom is 0.140 e. The topological polar surface area (TPSA) is 54.7 Å². The number of para-hydroxylation sites is 2. The summed E-state index contributed by atoms with van der Waals surface area (Å²) in [6.45, 7) is 0. The Balaban J connectivity index is 2.23. The first-order valence-electron chi connectivity index (χ1n) is 5.24. The zero-order valence-corrected chi connectivity index (χ0v) is 8.94. The van der Waals surface area contributed by atoms with Crippen molar-refractivity contribution < 1.29 is 4.39 Å². The van der Waals surface area contributed by atoms with Crippen LogP contribution in [0.4, 0.5) is 10.1 Å². The van der Waals surface area contributed by atoms with Gasteiger partial charge in [0.2, 0.25) is 0 Å². The van der Waals surface area contributed by atoms with Gasteiger partial charge in [0, 0.05) is 11.3 Å². The van der Waals surface area contributed by atoms with Gasteiger partial charge in [-0.15, -0.1) is 0 Å². The van der Waals surface area contributed by atoms with E-state index in [9.17, 15) is 4.39 Å². The van der Waals surface area contributed by atoms with Crippen LogP contribution in [0.3, 0.4) is 0 Å². The molecule has 1 heterocycles. The molecule has 0 bridgehead atoms. The standard InChI is InChI=1S/C13H10FN3/c14-8-5-6-10(15)9(7-8)13-16-11-3-1-2-4-12(11)17-13/h1-7H,15H2,(H,16,17). The Hall–Kier alpha value is -2.36. The van der Waals surface area contributed by atoms with E-state index in [0.29, 0.717) is 17.1 Å². The molecule has 0 aliphatic carbocycles. The minimum absolute atomic E-state index is 0.324. The molecule has 0 fully saturated rings. The normalized spacial score (nSPS) is 10.9. The molecule has 3 N–H and O–H groups in total. The zero-order valence-electron chi connectivity index (χ0n) is 8.94. The van der Waals surface area contributed by atoms with Gasteiger partial charge in [-0.05, 0) is 30.3 Å². The third-order valence-corrected chi connectivity index (χ3v) is 2.66. The van der Waals surface area contributed by atoms with Gasteiger partial charge in [0.15, 0.2) is 0 Å². The summed E-state index contributed by atoms with van der Waals surface area (Å²) in [5, 5.41) is 0. The summed E-state index contributed by atoms with van der Waals surface area (Å²) in [5.74, 6) is 0.262. The molecule has 0 unspecified atom stereocenters. The quantitative estimate of drug-likeness (QED) is 0.628. The van der Waals surface area contributed by atoms with E-state index in [2.05, 4.69) is 9.97 Å². The lowest BCUT2D eigenvalue weighted by molar-refractivity contribution is 0.628. The summed E-state index contributed by atoms with van der Waals surface area (Å²) < 4.78 is 13.2. The lowest BCUT2D eigenvalue weighted by Gasteiger charge is -2.01. The first-order chi connectivity index (χ1) is 8.24. The molecule has 3 aromatic rings. The second-order valence-corrected chi connectivity index (χ2v) is 3.83. The van der Waals surface area contributed by atoms with Gasteiger partial charge in [0.1, 0.15) is 11.6 Å². The van der Waals surface area contributed by atoms with Crippen LogP contribution >= 0.6 is 0 Å². The third kappa shape index (κ3) is 1.63. The molecular weight excluding hydrogens is 217 g/mol. The van der Waals surface area contributed by atoms with E-state index in [1.54, 1.807) is 0 Å². The van der Waals surface area contributed by atoms with Crippen molar-refractivity contribution in [3.63, 3.8) is 0 Å². The minimum atomic E-state index is -0.324. The number of nitrogens with two attached hydrogens (primary N) is 1. The molecule has 0 atom stereocenters. The van der Waals surface area contributed by atoms with Gasteiger partial charge in [0.25, 0.3) is 0 Å². The summed E-state index contributed by atoms with van der Waals surface area (Å²) in [6.07, 6.45) is 0. The van der Waals surface area contributed by atoms with Crippen molar-refractivity contribution in [3.8, 4) is 11.4 Å². The molecule has 0 spiro atoms. The molecule has 0 saturated heterocycles. The van der Waals surface area contributed by atoms with Gasteiger partial charge in [-0.2, -0.15) is 0 Å². The van der Waals surface area contributed by atoms with Crippen LogP contribution in [0.25, 0.3) is 22.4 Å². The number of H-pyrrole nitrogens is 1. The third-order valence-electron chi connectivity index (χ3n) is 2.66. The molecule has 84 valence electrons. The van der Waals surface area contributed by atoms with Crippen LogP contribution in [0.5, 0.6) is 0 Å². The van der Waals surface area contributed by atoms with Crippen molar-refractivity contribution in [2.45, 2.75) is 0 Å². The average molecular weight is 227 g/mol. The van der Waals surface area contributed by atoms with Gasteiger partial charge >= 0.3 is 0 Å². The molecule has 0 radical (unpaired) electrons. The lowest BCUT2D eigenvalue weighted by Crippen LogP contribution is -1.92. The minimum Gasteiger partial charge on any atom is -0.398 e. The molecular formula is C13H10FN3. The van der Waals surface area contributed by atoms with Gasteiger partial charge in [-0.3, -0.25) is 0 Å². The van der Waals surface area contributed by atoms with Crippen molar-refractivity contribution >= 4 is 16.7 Å². The number of nitrogen functional groups attached to an aromatic ring is 1. The maximum atomic E-state index is 13.2.